The minimum Gasteiger partial charge on any atom is -0.481 e. The van der Waals surface area contributed by atoms with Gasteiger partial charge < -0.3 is 9.84 Å². The molecular weight excluding hydrogens is 332 g/mol. The molecule has 0 aliphatic carbocycles. The van der Waals surface area contributed by atoms with Crippen LogP contribution in [0.5, 0.6) is 0 Å². The Labute approximate surface area is 134 Å². The molecule has 1 aromatic rings. The lowest BCUT2D eigenvalue weighted by molar-refractivity contribution is -0.147. The molecule has 0 saturated carbocycles. The Bertz CT molecular complexity index is 519. The molecule has 1 aliphatic rings. The van der Waals surface area contributed by atoms with E-state index in [1.54, 1.807) is 0 Å². The number of ether oxygens (including phenoxy) is 1. The van der Waals surface area contributed by atoms with Gasteiger partial charge in [0.15, 0.2) is 0 Å². The molecule has 1 heterocycles. The quantitative estimate of drug-likeness (QED) is 0.877. The van der Waals surface area contributed by atoms with Crippen LogP contribution >= 0.6 is 15.9 Å². The van der Waals surface area contributed by atoms with Gasteiger partial charge in [0.05, 0.1) is 17.1 Å². The summed E-state index contributed by atoms with van der Waals surface area (Å²) in [7, 11) is 0. The van der Waals surface area contributed by atoms with Crippen molar-refractivity contribution in [2.75, 3.05) is 0 Å². The van der Waals surface area contributed by atoms with Gasteiger partial charge in [0.2, 0.25) is 0 Å². The molecule has 1 N–H and O–H groups in total. The zero-order chi connectivity index (χ0) is 15.8. The first-order chi connectivity index (χ1) is 9.61. The molecule has 0 bridgehead atoms. The van der Waals surface area contributed by atoms with E-state index in [4.69, 9.17) is 4.74 Å². The largest absolute Gasteiger partial charge is 0.481 e. The highest BCUT2D eigenvalue weighted by molar-refractivity contribution is 9.10. The summed E-state index contributed by atoms with van der Waals surface area (Å²) in [6.45, 7) is 8.08. The summed E-state index contributed by atoms with van der Waals surface area (Å²) in [5, 5.41) is 9.69. The van der Waals surface area contributed by atoms with E-state index in [0.717, 1.165) is 16.5 Å². The average Bonchev–Trinajstić information content (AvgIpc) is 2.56. The topological polar surface area (TPSA) is 46.5 Å². The SMILES string of the molecule is CC1(C)CC(C(Cc2ccc(Br)cc2)C(=O)O)C(C)(C)O1. The van der Waals surface area contributed by atoms with Crippen molar-refractivity contribution < 1.29 is 14.6 Å². The summed E-state index contributed by atoms with van der Waals surface area (Å²) in [5.41, 5.74) is 0.370. The summed E-state index contributed by atoms with van der Waals surface area (Å²) >= 11 is 3.40. The summed E-state index contributed by atoms with van der Waals surface area (Å²) < 4.78 is 7.07. The molecule has 4 heteroatoms. The highest BCUT2D eigenvalue weighted by Crippen LogP contribution is 2.46. The molecule has 21 heavy (non-hydrogen) atoms. The van der Waals surface area contributed by atoms with Crippen molar-refractivity contribution in [3.8, 4) is 0 Å². The van der Waals surface area contributed by atoms with Crippen LogP contribution in [-0.4, -0.2) is 22.3 Å². The van der Waals surface area contributed by atoms with Gasteiger partial charge in [-0.25, -0.2) is 0 Å². The summed E-state index contributed by atoms with van der Waals surface area (Å²) in [6, 6.07) is 7.87. The molecule has 1 aromatic carbocycles. The Morgan fingerprint density at radius 2 is 1.90 bits per heavy atom. The Balaban J connectivity index is 2.23. The van der Waals surface area contributed by atoms with E-state index >= 15 is 0 Å². The van der Waals surface area contributed by atoms with Crippen LogP contribution < -0.4 is 0 Å². The monoisotopic (exact) mass is 354 g/mol. The fourth-order valence-electron chi connectivity index (χ4n) is 3.51. The predicted molar refractivity (Wildman–Crippen MR) is 86.3 cm³/mol. The van der Waals surface area contributed by atoms with Gasteiger partial charge >= 0.3 is 5.97 Å². The molecular formula is C17H23BrO3. The van der Waals surface area contributed by atoms with Gasteiger partial charge in [-0.1, -0.05) is 28.1 Å². The predicted octanol–water partition coefficient (Wildman–Crippen LogP) is 4.29. The normalized spacial score (nSPS) is 24.7. The van der Waals surface area contributed by atoms with Gasteiger partial charge in [-0.05, 0) is 58.2 Å². The fourth-order valence-corrected chi connectivity index (χ4v) is 3.77. The van der Waals surface area contributed by atoms with Crippen LogP contribution in [0.15, 0.2) is 28.7 Å². The molecule has 1 fully saturated rings. The lowest BCUT2D eigenvalue weighted by atomic mass is 9.75. The second-order valence-electron chi connectivity index (χ2n) is 7.05. The van der Waals surface area contributed by atoms with Crippen LogP contribution in [-0.2, 0) is 16.0 Å². The lowest BCUT2D eigenvalue weighted by Crippen LogP contribution is -2.37. The second-order valence-corrected chi connectivity index (χ2v) is 7.97. The third-order valence-corrected chi connectivity index (χ3v) is 4.84. The highest BCUT2D eigenvalue weighted by atomic mass is 79.9. The maximum Gasteiger partial charge on any atom is 0.307 e. The Kier molecular flexibility index (Phi) is 4.50. The second kappa shape index (κ2) is 5.73. The molecule has 1 saturated heterocycles. The Hall–Kier alpha value is -0.870. The number of carboxylic acid groups (broad SMARTS) is 1. The minimum atomic E-state index is -0.739. The number of benzene rings is 1. The zero-order valence-corrected chi connectivity index (χ0v) is 14.6. The van der Waals surface area contributed by atoms with Crippen molar-refractivity contribution in [1.29, 1.82) is 0 Å². The number of carboxylic acids is 1. The van der Waals surface area contributed by atoms with Gasteiger partial charge in [-0.3, -0.25) is 4.79 Å². The molecule has 2 atom stereocenters. The molecule has 116 valence electrons. The number of halogens is 1. The Morgan fingerprint density at radius 1 is 1.33 bits per heavy atom. The number of rotatable bonds is 4. The van der Waals surface area contributed by atoms with Crippen LogP contribution in [0.1, 0.15) is 39.7 Å². The Morgan fingerprint density at radius 3 is 2.33 bits per heavy atom. The number of hydrogen-bond acceptors (Lipinski definition) is 2. The lowest BCUT2D eigenvalue weighted by Gasteiger charge is -2.31. The van der Waals surface area contributed by atoms with Gasteiger partial charge in [0, 0.05) is 10.4 Å². The fraction of sp³-hybridized carbons (Fsp3) is 0.588. The standard InChI is InChI=1S/C17H23BrO3/c1-16(2)10-14(17(3,4)21-16)13(15(19)20)9-11-5-7-12(18)8-6-11/h5-8,13-14H,9-10H2,1-4H3,(H,19,20). The van der Waals surface area contributed by atoms with Gasteiger partial charge in [-0.15, -0.1) is 0 Å². The maximum atomic E-state index is 11.8. The molecule has 3 nitrogen and oxygen atoms in total. The van der Waals surface area contributed by atoms with Crippen molar-refractivity contribution in [3.63, 3.8) is 0 Å². The van der Waals surface area contributed by atoms with Crippen LogP contribution in [0, 0.1) is 11.8 Å². The molecule has 2 rings (SSSR count). The van der Waals surface area contributed by atoms with Gasteiger partial charge in [0.1, 0.15) is 0 Å². The van der Waals surface area contributed by atoms with Crippen LogP contribution in [0.2, 0.25) is 0 Å². The summed E-state index contributed by atoms with van der Waals surface area (Å²) in [4.78, 5) is 11.8. The maximum absolute atomic E-state index is 11.8. The van der Waals surface area contributed by atoms with Crippen LogP contribution in [0.25, 0.3) is 0 Å². The van der Waals surface area contributed by atoms with E-state index in [1.165, 1.54) is 0 Å². The molecule has 0 aromatic heterocycles. The summed E-state index contributed by atoms with van der Waals surface area (Å²) in [5.74, 6) is -1.16. The van der Waals surface area contributed by atoms with E-state index in [9.17, 15) is 9.90 Å². The van der Waals surface area contributed by atoms with E-state index in [-0.39, 0.29) is 11.5 Å². The molecule has 0 amide bonds. The van der Waals surface area contributed by atoms with Crippen molar-refractivity contribution in [2.45, 2.75) is 51.7 Å². The third kappa shape index (κ3) is 3.86. The van der Waals surface area contributed by atoms with E-state index in [0.29, 0.717) is 6.42 Å². The summed E-state index contributed by atoms with van der Waals surface area (Å²) in [6.07, 6.45) is 1.31. The average molecular weight is 355 g/mol. The van der Waals surface area contributed by atoms with E-state index in [1.807, 2.05) is 52.0 Å². The highest BCUT2D eigenvalue weighted by Gasteiger charge is 2.50. The first-order valence-electron chi connectivity index (χ1n) is 7.28. The molecule has 1 aliphatic heterocycles. The molecule has 2 unspecified atom stereocenters. The smallest absolute Gasteiger partial charge is 0.307 e. The van der Waals surface area contributed by atoms with Crippen LogP contribution in [0.4, 0.5) is 0 Å². The zero-order valence-electron chi connectivity index (χ0n) is 13.0. The van der Waals surface area contributed by atoms with Gasteiger partial charge in [0.25, 0.3) is 0 Å². The molecule has 0 radical (unpaired) electrons. The van der Waals surface area contributed by atoms with E-state index < -0.39 is 17.5 Å². The number of aliphatic carboxylic acids is 1. The minimum absolute atomic E-state index is 0.00801. The third-order valence-electron chi connectivity index (χ3n) is 4.32. The van der Waals surface area contributed by atoms with Gasteiger partial charge in [-0.2, -0.15) is 0 Å². The van der Waals surface area contributed by atoms with Crippen molar-refractivity contribution >= 4 is 21.9 Å². The van der Waals surface area contributed by atoms with Crippen molar-refractivity contribution in [2.24, 2.45) is 11.8 Å². The first-order valence-corrected chi connectivity index (χ1v) is 8.07. The first kappa shape index (κ1) is 16.5. The molecule has 0 spiro atoms. The number of carbonyl (C=O) groups is 1. The van der Waals surface area contributed by atoms with Crippen molar-refractivity contribution in [1.82, 2.24) is 0 Å². The van der Waals surface area contributed by atoms with Crippen molar-refractivity contribution in [3.05, 3.63) is 34.3 Å². The van der Waals surface area contributed by atoms with Crippen LogP contribution in [0.3, 0.4) is 0 Å². The number of hydrogen-bond donors (Lipinski definition) is 1. The van der Waals surface area contributed by atoms with E-state index in [2.05, 4.69) is 15.9 Å².